The molecule has 0 bridgehead atoms. The molecule has 1 saturated heterocycles. The molecule has 1 aromatic rings. The standard InChI is InChI=1S/C21H32N8O4S/c1-13(22)24-7-3-5-15(19(32)20-26-9-10-34-20)27-17(30)11-29-12-18(31)28-16(21(29)33)6-4-8-25-14(2)23/h9-10,15-16H,3-8,11-12H2,1-2H3,(H2,22,24)(H2,23,25)(H,27,30)(H,28,31). The number of aliphatic imine (C=N–C) groups is 2. The van der Waals surface area contributed by atoms with E-state index in [-0.39, 0.29) is 35.7 Å². The van der Waals surface area contributed by atoms with Gasteiger partial charge >= 0.3 is 0 Å². The molecule has 1 aliphatic rings. The predicted octanol–water partition coefficient (Wildman–Crippen LogP) is -0.548. The zero-order chi connectivity index (χ0) is 25.1. The first-order valence-electron chi connectivity index (χ1n) is 11.0. The van der Waals surface area contributed by atoms with E-state index in [1.807, 2.05) is 0 Å². The highest BCUT2D eigenvalue weighted by Gasteiger charge is 2.34. The maximum Gasteiger partial charge on any atom is 0.246 e. The summed E-state index contributed by atoms with van der Waals surface area (Å²) in [6, 6.07) is -1.55. The van der Waals surface area contributed by atoms with E-state index < -0.39 is 18.0 Å². The minimum absolute atomic E-state index is 0.224. The highest BCUT2D eigenvalue weighted by molar-refractivity contribution is 7.11. The number of nitrogens with one attached hydrogen (secondary N) is 2. The van der Waals surface area contributed by atoms with Crippen molar-refractivity contribution >= 4 is 46.5 Å². The average Bonchev–Trinajstić information content (AvgIpc) is 3.30. The van der Waals surface area contributed by atoms with E-state index >= 15 is 0 Å². The number of thiazole rings is 1. The molecule has 1 aromatic heterocycles. The zero-order valence-corrected chi connectivity index (χ0v) is 20.3. The van der Waals surface area contributed by atoms with Crippen LogP contribution in [0, 0.1) is 0 Å². The highest BCUT2D eigenvalue weighted by Crippen LogP contribution is 2.12. The van der Waals surface area contributed by atoms with E-state index in [2.05, 4.69) is 25.6 Å². The largest absolute Gasteiger partial charge is 0.388 e. The maximum atomic E-state index is 12.8. The van der Waals surface area contributed by atoms with E-state index in [9.17, 15) is 19.2 Å². The van der Waals surface area contributed by atoms with Crippen molar-refractivity contribution < 1.29 is 19.2 Å². The molecule has 0 aliphatic carbocycles. The molecule has 1 fully saturated rings. The van der Waals surface area contributed by atoms with E-state index in [0.29, 0.717) is 50.4 Å². The normalized spacial score (nSPS) is 17.9. The van der Waals surface area contributed by atoms with Crippen LogP contribution in [-0.4, -0.2) is 83.3 Å². The summed E-state index contributed by atoms with van der Waals surface area (Å²) in [5, 5.41) is 7.31. The van der Waals surface area contributed by atoms with Crippen molar-refractivity contribution in [3.63, 3.8) is 0 Å². The molecule has 3 amide bonds. The van der Waals surface area contributed by atoms with Crippen LogP contribution in [0.4, 0.5) is 0 Å². The van der Waals surface area contributed by atoms with E-state index in [1.165, 1.54) is 22.4 Å². The monoisotopic (exact) mass is 492 g/mol. The minimum atomic E-state index is -0.825. The number of piperazine rings is 1. The van der Waals surface area contributed by atoms with Crippen LogP contribution in [0.25, 0.3) is 0 Å². The lowest BCUT2D eigenvalue weighted by molar-refractivity contribution is -0.146. The first-order valence-corrected chi connectivity index (χ1v) is 11.9. The Morgan fingerprint density at radius 3 is 2.53 bits per heavy atom. The molecule has 34 heavy (non-hydrogen) atoms. The van der Waals surface area contributed by atoms with Crippen molar-refractivity contribution in [3.8, 4) is 0 Å². The number of amidine groups is 2. The van der Waals surface area contributed by atoms with Gasteiger partial charge in [0.1, 0.15) is 19.1 Å². The van der Waals surface area contributed by atoms with Gasteiger partial charge in [0.25, 0.3) is 0 Å². The lowest BCUT2D eigenvalue weighted by Crippen LogP contribution is -2.60. The fourth-order valence-corrected chi connectivity index (χ4v) is 4.01. The summed E-state index contributed by atoms with van der Waals surface area (Å²) in [6.45, 7) is 3.65. The van der Waals surface area contributed by atoms with Crippen LogP contribution < -0.4 is 22.1 Å². The third-order valence-electron chi connectivity index (χ3n) is 4.93. The Hall–Kier alpha value is -3.35. The van der Waals surface area contributed by atoms with Gasteiger partial charge in [-0.3, -0.25) is 29.2 Å². The minimum Gasteiger partial charge on any atom is -0.388 e. The number of nitrogens with zero attached hydrogens (tertiary/aromatic N) is 4. The van der Waals surface area contributed by atoms with Gasteiger partial charge in [0, 0.05) is 24.7 Å². The lowest BCUT2D eigenvalue weighted by atomic mass is 10.1. The molecule has 12 nitrogen and oxygen atoms in total. The van der Waals surface area contributed by atoms with Gasteiger partial charge in [0.05, 0.1) is 17.7 Å². The number of carbonyl (C=O) groups excluding carboxylic acids is 4. The first kappa shape index (κ1) is 26.9. The maximum absolute atomic E-state index is 12.8. The number of amides is 3. The highest BCUT2D eigenvalue weighted by atomic mass is 32.1. The summed E-state index contributed by atoms with van der Waals surface area (Å²) in [5.74, 6) is -0.649. The number of hydrogen-bond acceptors (Lipinski definition) is 8. The summed E-state index contributed by atoms with van der Waals surface area (Å²) in [4.78, 5) is 63.9. The number of carbonyl (C=O) groups is 4. The molecule has 2 rings (SSSR count). The Morgan fingerprint density at radius 1 is 1.24 bits per heavy atom. The van der Waals surface area contributed by atoms with Crippen LogP contribution in [-0.2, 0) is 14.4 Å². The molecule has 2 unspecified atom stereocenters. The van der Waals surface area contributed by atoms with Crippen LogP contribution in [0.15, 0.2) is 21.6 Å². The number of ketones is 1. The smallest absolute Gasteiger partial charge is 0.246 e. The fraction of sp³-hybridized carbons (Fsp3) is 0.571. The molecular weight excluding hydrogens is 460 g/mol. The van der Waals surface area contributed by atoms with Crippen molar-refractivity contribution in [2.45, 2.75) is 51.6 Å². The molecule has 0 radical (unpaired) electrons. The Bertz CT molecular complexity index is 923. The first-order chi connectivity index (χ1) is 16.2. The Kier molecular flexibility index (Phi) is 10.6. The van der Waals surface area contributed by atoms with Crippen molar-refractivity contribution in [2.24, 2.45) is 21.5 Å². The van der Waals surface area contributed by atoms with Crippen LogP contribution in [0.2, 0.25) is 0 Å². The van der Waals surface area contributed by atoms with Gasteiger partial charge in [-0.15, -0.1) is 11.3 Å². The number of rotatable bonds is 13. The topological polar surface area (TPSA) is 185 Å². The van der Waals surface area contributed by atoms with E-state index in [0.717, 1.165) is 0 Å². The van der Waals surface area contributed by atoms with Crippen molar-refractivity contribution in [1.82, 2.24) is 20.5 Å². The second kappa shape index (κ2) is 13.4. The molecule has 6 N–H and O–H groups in total. The van der Waals surface area contributed by atoms with Gasteiger partial charge < -0.3 is 27.0 Å². The second-order valence-corrected chi connectivity index (χ2v) is 8.86. The quantitative estimate of drug-likeness (QED) is 0.123. The summed E-state index contributed by atoms with van der Waals surface area (Å²) in [7, 11) is 0. The van der Waals surface area contributed by atoms with E-state index in [1.54, 1.807) is 19.2 Å². The zero-order valence-electron chi connectivity index (χ0n) is 19.5. The fourth-order valence-electron chi connectivity index (χ4n) is 3.38. The van der Waals surface area contributed by atoms with Crippen LogP contribution in [0.1, 0.15) is 49.3 Å². The van der Waals surface area contributed by atoms with E-state index in [4.69, 9.17) is 11.5 Å². The number of Topliss-reactive ketones (excluding diaryl/α,β-unsaturated/α-hetero) is 1. The third-order valence-corrected chi connectivity index (χ3v) is 5.72. The number of hydrogen-bond donors (Lipinski definition) is 4. The van der Waals surface area contributed by atoms with Gasteiger partial charge in [0.2, 0.25) is 23.5 Å². The average molecular weight is 493 g/mol. The van der Waals surface area contributed by atoms with Crippen molar-refractivity contribution in [1.29, 1.82) is 0 Å². The third kappa shape index (κ3) is 8.89. The van der Waals surface area contributed by atoms with Gasteiger partial charge in [-0.05, 0) is 39.5 Å². The number of aromatic nitrogens is 1. The molecule has 1 aliphatic heterocycles. The van der Waals surface area contributed by atoms with Gasteiger partial charge in [-0.2, -0.15) is 0 Å². The Morgan fingerprint density at radius 2 is 1.91 bits per heavy atom. The molecule has 2 atom stereocenters. The lowest BCUT2D eigenvalue weighted by Gasteiger charge is -2.32. The summed E-state index contributed by atoms with van der Waals surface area (Å²) < 4.78 is 0. The second-order valence-electron chi connectivity index (χ2n) is 7.97. The summed E-state index contributed by atoms with van der Waals surface area (Å²) in [5.41, 5.74) is 11.0. The summed E-state index contributed by atoms with van der Waals surface area (Å²) in [6.07, 6.45) is 3.31. The molecule has 0 saturated carbocycles. The van der Waals surface area contributed by atoms with Crippen molar-refractivity contribution in [3.05, 3.63) is 16.6 Å². The van der Waals surface area contributed by atoms with Crippen LogP contribution in [0.3, 0.4) is 0 Å². The molecule has 13 heteroatoms. The molecule has 186 valence electrons. The van der Waals surface area contributed by atoms with Crippen molar-refractivity contribution in [2.75, 3.05) is 26.2 Å². The molecule has 2 heterocycles. The predicted molar refractivity (Wildman–Crippen MR) is 130 cm³/mol. The molecule has 0 spiro atoms. The SMILES string of the molecule is CC(N)=NCCCC(NC(=O)CN1CC(=O)NC(CCCN=C(C)N)C1=O)C(=O)c1nccs1. The molecular formula is C21H32N8O4S. The Labute approximate surface area is 202 Å². The van der Waals surface area contributed by atoms with Crippen LogP contribution in [0.5, 0.6) is 0 Å². The van der Waals surface area contributed by atoms with Gasteiger partial charge in [-0.1, -0.05) is 0 Å². The van der Waals surface area contributed by atoms with Gasteiger partial charge in [-0.25, -0.2) is 4.98 Å². The van der Waals surface area contributed by atoms with Gasteiger partial charge in [0.15, 0.2) is 5.01 Å². The molecule has 0 aromatic carbocycles. The summed E-state index contributed by atoms with van der Waals surface area (Å²) >= 11 is 1.18. The number of nitrogens with two attached hydrogens (primary N) is 2. The van der Waals surface area contributed by atoms with Crippen LogP contribution >= 0.6 is 11.3 Å². The Balaban J connectivity index is 1.98.